The van der Waals surface area contributed by atoms with E-state index in [4.69, 9.17) is 9.47 Å². The second kappa shape index (κ2) is 8.59. The quantitative estimate of drug-likeness (QED) is 0.536. The zero-order valence-corrected chi connectivity index (χ0v) is 15.9. The first-order valence-electron chi connectivity index (χ1n) is 9.31. The van der Waals surface area contributed by atoms with Crippen molar-refractivity contribution in [3.8, 4) is 0 Å². The molecular formula is C19H27NO5S. The molecule has 4 atom stereocenters. The van der Waals surface area contributed by atoms with Gasteiger partial charge in [0, 0.05) is 24.7 Å². The second-order valence-electron chi connectivity index (χ2n) is 7.31. The monoisotopic (exact) mass is 381 g/mol. The van der Waals surface area contributed by atoms with Crippen molar-refractivity contribution in [2.45, 2.75) is 75.9 Å². The first kappa shape index (κ1) is 19.5. The summed E-state index contributed by atoms with van der Waals surface area (Å²) in [6.45, 7) is 1.93. The van der Waals surface area contributed by atoms with Crippen LogP contribution >= 0.6 is 11.8 Å². The highest BCUT2D eigenvalue weighted by molar-refractivity contribution is 8.14. The van der Waals surface area contributed by atoms with Crippen LogP contribution in [-0.4, -0.2) is 46.1 Å². The Morgan fingerprint density at radius 1 is 1.27 bits per heavy atom. The van der Waals surface area contributed by atoms with E-state index in [1.807, 2.05) is 6.92 Å². The normalized spacial score (nSPS) is 39.9. The van der Waals surface area contributed by atoms with Crippen molar-refractivity contribution in [2.75, 3.05) is 5.75 Å². The maximum Gasteiger partial charge on any atom is 0.330 e. The molecule has 0 aromatic heterocycles. The summed E-state index contributed by atoms with van der Waals surface area (Å²) in [7, 11) is 0. The molecule has 144 valence electrons. The molecule has 2 saturated heterocycles. The van der Waals surface area contributed by atoms with Gasteiger partial charge in [-0.15, -0.1) is 0 Å². The van der Waals surface area contributed by atoms with E-state index < -0.39 is 17.9 Å². The Morgan fingerprint density at radius 3 is 2.85 bits per heavy atom. The third-order valence-electron chi connectivity index (χ3n) is 5.05. The van der Waals surface area contributed by atoms with Gasteiger partial charge in [0.2, 0.25) is 0 Å². The zero-order valence-electron chi connectivity index (χ0n) is 15.1. The van der Waals surface area contributed by atoms with Gasteiger partial charge in [0.05, 0.1) is 12.1 Å². The lowest BCUT2D eigenvalue weighted by atomic mass is 9.91. The molecule has 3 rings (SSSR count). The summed E-state index contributed by atoms with van der Waals surface area (Å²) in [5.74, 6) is -1.43. The number of nitrogens with one attached hydrogen (secondary N) is 1. The number of allylic oxidation sites excluding steroid dienone is 3. The van der Waals surface area contributed by atoms with Crippen LogP contribution in [0.1, 0.15) is 51.9 Å². The van der Waals surface area contributed by atoms with Gasteiger partial charge in [-0.2, -0.15) is 0 Å². The number of aliphatic hydroxyl groups is 1. The van der Waals surface area contributed by atoms with Gasteiger partial charge in [-0.05, 0) is 39.0 Å². The lowest BCUT2D eigenvalue weighted by Gasteiger charge is -2.43. The molecule has 0 spiro atoms. The molecule has 2 bridgehead atoms. The van der Waals surface area contributed by atoms with Crippen LogP contribution in [0.2, 0.25) is 0 Å². The number of fused-ring (bicyclic) bond motifs is 2. The minimum absolute atomic E-state index is 0.159. The standard InChI is InChI=1S/C19H27NO5S/c1-13-7-5-3-2-4-6-8-14-10-15(24-17(21)9-13)11-19(23,25-14)16-12-26-18(22)20-16/h2-3,9,14-16,23H,4-8,10-12H2,1H3,(H,20,22)/b3-2+,13-9-/t14-,15-,16+,19-/m1/s1. The van der Waals surface area contributed by atoms with Crippen molar-refractivity contribution in [3.63, 3.8) is 0 Å². The lowest BCUT2D eigenvalue weighted by Crippen LogP contribution is -2.58. The molecular weight excluding hydrogens is 354 g/mol. The fraction of sp³-hybridized carbons (Fsp3) is 0.684. The minimum Gasteiger partial charge on any atom is -0.459 e. The Kier molecular flexibility index (Phi) is 6.42. The Balaban J connectivity index is 1.76. The van der Waals surface area contributed by atoms with Gasteiger partial charge in [-0.25, -0.2) is 4.79 Å². The third-order valence-corrected chi connectivity index (χ3v) is 5.93. The maximum atomic E-state index is 12.2. The van der Waals surface area contributed by atoms with Crippen LogP contribution in [0, 0.1) is 0 Å². The SMILES string of the molecule is C/C1=C/C(=O)O[C@@H]2C[C@@H](CCC/C=C/CC1)O[C@@](O)([C@@H]1CSC(=O)N1)C2. The molecule has 26 heavy (non-hydrogen) atoms. The van der Waals surface area contributed by atoms with Gasteiger partial charge in [-0.1, -0.05) is 29.5 Å². The predicted octanol–water partition coefficient (Wildman–Crippen LogP) is 3.06. The van der Waals surface area contributed by atoms with Crippen LogP contribution in [0.15, 0.2) is 23.8 Å². The summed E-state index contributed by atoms with van der Waals surface area (Å²) >= 11 is 1.14. The first-order valence-corrected chi connectivity index (χ1v) is 10.3. The molecule has 3 heterocycles. The Labute approximate surface area is 158 Å². The number of carbonyl (C=O) groups is 2. The fourth-order valence-electron chi connectivity index (χ4n) is 3.69. The van der Waals surface area contributed by atoms with Gasteiger partial charge in [0.25, 0.3) is 5.24 Å². The molecule has 6 nitrogen and oxygen atoms in total. The Hall–Kier alpha value is -1.31. The molecule has 2 fully saturated rings. The zero-order chi connectivity index (χ0) is 18.6. The number of amides is 1. The van der Waals surface area contributed by atoms with Gasteiger partial charge >= 0.3 is 5.97 Å². The van der Waals surface area contributed by atoms with Crippen molar-refractivity contribution >= 4 is 23.0 Å². The smallest absolute Gasteiger partial charge is 0.330 e. The van der Waals surface area contributed by atoms with Crippen molar-refractivity contribution in [1.29, 1.82) is 0 Å². The summed E-state index contributed by atoms with van der Waals surface area (Å²) < 4.78 is 11.6. The molecule has 0 radical (unpaired) electrons. The minimum atomic E-state index is -1.50. The first-order chi connectivity index (χ1) is 12.4. The summed E-state index contributed by atoms with van der Waals surface area (Å²) in [4.78, 5) is 23.8. The van der Waals surface area contributed by atoms with E-state index in [1.165, 1.54) is 6.08 Å². The van der Waals surface area contributed by atoms with E-state index in [1.54, 1.807) is 0 Å². The number of ether oxygens (including phenoxy) is 2. The molecule has 0 saturated carbocycles. The number of hydrogen-bond donors (Lipinski definition) is 2. The predicted molar refractivity (Wildman–Crippen MR) is 99.7 cm³/mol. The van der Waals surface area contributed by atoms with Crippen LogP contribution in [0.25, 0.3) is 0 Å². The molecule has 1 amide bonds. The average Bonchev–Trinajstić information content (AvgIpc) is 3.00. The van der Waals surface area contributed by atoms with E-state index >= 15 is 0 Å². The fourth-order valence-corrected chi connectivity index (χ4v) is 4.58. The van der Waals surface area contributed by atoms with Gasteiger partial charge in [0.15, 0.2) is 5.79 Å². The number of esters is 1. The van der Waals surface area contributed by atoms with Crippen LogP contribution in [-0.2, 0) is 14.3 Å². The van der Waals surface area contributed by atoms with Crippen molar-refractivity contribution in [3.05, 3.63) is 23.8 Å². The van der Waals surface area contributed by atoms with Crippen LogP contribution in [0.5, 0.6) is 0 Å². The Morgan fingerprint density at radius 2 is 2.08 bits per heavy atom. The van der Waals surface area contributed by atoms with Gasteiger partial charge in [-0.3, -0.25) is 4.79 Å². The van der Waals surface area contributed by atoms with Crippen molar-refractivity contribution in [1.82, 2.24) is 5.32 Å². The highest BCUT2D eigenvalue weighted by Crippen LogP contribution is 2.36. The number of rotatable bonds is 1. The number of hydrogen-bond acceptors (Lipinski definition) is 6. The Bertz CT molecular complexity index is 605. The molecule has 3 aliphatic rings. The maximum absolute atomic E-state index is 12.2. The molecule has 0 unspecified atom stereocenters. The van der Waals surface area contributed by atoms with Crippen LogP contribution < -0.4 is 5.32 Å². The second-order valence-corrected chi connectivity index (χ2v) is 8.30. The van der Waals surface area contributed by atoms with E-state index in [-0.39, 0.29) is 23.7 Å². The molecule has 2 N–H and O–H groups in total. The van der Waals surface area contributed by atoms with Crippen molar-refractivity contribution in [2.24, 2.45) is 0 Å². The van der Waals surface area contributed by atoms with Crippen LogP contribution in [0.3, 0.4) is 0 Å². The molecule has 0 aromatic rings. The molecule has 0 aromatic carbocycles. The average molecular weight is 381 g/mol. The van der Waals surface area contributed by atoms with Crippen molar-refractivity contribution < 1.29 is 24.2 Å². The topological polar surface area (TPSA) is 84.9 Å². The number of thioether (sulfide) groups is 1. The summed E-state index contributed by atoms with van der Waals surface area (Å²) in [5, 5.41) is 13.7. The summed E-state index contributed by atoms with van der Waals surface area (Å²) in [5.41, 5.74) is 0.982. The highest BCUT2D eigenvalue weighted by Gasteiger charge is 2.49. The van der Waals surface area contributed by atoms with Gasteiger partial charge < -0.3 is 19.9 Å². The number of carbonyl (C=O) groups excluding carboxylic acids is 2. The van der Waals surface area contributed by atoms with Gasteiger partial charge in [0.1, 0.15) is 6.10 Å². The summed E-state index contributed by atoms with van der Waals surface area (Å²) in [6, 6.07) is -0.486. The largest absolute Gasteiger partial charge is 0.459 e. The molecule has 0 aliphatic carbocycles. The molecule has 7 heteroatoms. The molecule has 3 aliphatic heterocycles. The lowest BCUT2D eigenvalue weighted by molar-refractivity contribution is -0.283. The van der Waals surface area contributed by atoms with Crippen LogP contribution in [0.4, 0.5) is 4.79 Å². The van der Waals surface area contributed by atoms with E-state index in [9.17, 15) is 14.7 Å². The van der Waals surface area contributed by atoms with E-state index in [0.717, 1.165) is 49.4 Å². The van der Waals surface area contributed by atoms with E-state index in [2.05, 4.69) is 17.5 Å². The highest BCUT2D eigenvalue weighted by atomic mass is 32.2. The van der Waals surface area contributed by atoms with E-state index in [0.29, 0.717) is 12.2 Å². The summed E-state index contributed by atoms with van der Waals surface area (Å²) in [6.07, 6.45) is 10.4. The third kappa shape index (κ3) is 5.11.